The molecule has 11 nitrogen and oxygen atoms in total. The van der Waals surface area contributed by atoms with Crippen molar-refractivity contribution in [3.63, 3.8) is 0 Å². The number of piperazine rings is 1. The monoisotopic (exact) mass is 716 g/mol. The topological polar surface area (TPSA) is 125 Å². The first-order valence-corrected chi connectivity index (χ1v) is 17.0. The third-order valence-electron chi connectivity index (χ3n) is 8.68. The minimum atomic E-state index is -4.61. The van der Waals surface area contributed by atoms with E-state index in [9.17, 15) is 18.3 Å². The third kappa shape index (κ3) is 8.71. The fourth-order valence-corrected chi connectivity index (χ4v) is 7.42. The molecule has 17 heteroatoms. The maximum Gasteiger partial charge on any atom is 0.416 e. The number of thiazole rings is 1. The van der Waals surface area contributed by atoms with Gasteiger partial charge in [-0.15, -0.1) is 0 Å². The summed E-state index contributed by atoms with van der Waals surface area (Å²) in [5.41, 5.74) is 5.94. The van der Waals surface area contributed by atoms with Crippen molar-refractivity contribution < 1.29 is 32.1 Å². The molecule has 3 aromatic rings. The Balaban J connectivity index is 1.40. The van der Waals surface area contributed by atoms with E-state index in [1.165, 1.54) is 23.7 Å². The lowest BCUT2D eigenvalue weighted by Crippen LogP contribution is -2.55. The number of aromatic nitrogens is 3. The van der Waals surface area contributed by atoms with Gasteiger partial charge < -0.3 is 30.5 Å². The number of benzene rings is 1. The molecule has 5 rings (SSSR count). The zero-order valence-electron chi connectivity index (χ0n) is 27.0. The molecule has 0 bridgehead atoms. The number of likely N-dealkylation sites (tertiary alicyclic amines) is 1. The lowest BCUT2D eigenvalue weighted by atomic mass is 10.1. The van der Waals surface area contributed by atoms with E-state index in [-0.39, 0.29) is 45.6 Å². The van der Waals surface area contributed by atoms with E-state index in [0.29, 0.717) is 62.9 Å². The van der Waals surface area contributed by atoms with Gasteiger partial charge in [0.2, 0.25) is 5.82 Å². The first kappa shape index (κ1) is 36.6. The Morgan fingerprint density at radius 1 is 1.21 bits per heavy atom. The second-order valence-corrected chi connectivity index (χ2v) is 13.5. The predicted octanol–water partition coefficient (Wildman–Crippen LogP) is 5.31. The number of aliphatic hydroxyl groups excluding tert-OH is 1. The second-order valence-electron chi connectivity index (χ2n) is 12.0. The van der Waals surface area contributed by atoms with Gasteiger partial charge in [-0.25, -0.2) is 15.0 Å². The fraction of sp³-hybridized carbons (Fsp3) is 0.581. The lowest BCUT2D eigenvalue weighted by molar-refractivity contribution is -0.137. The molecule has 4 heterocycles. The fourth-order valence-electron chi connectivity index (χ4n) is 6.19. The van der Waals surface area contributed by atoms with E-state index in [0.717, 1.165) is 25.0 Å². The number of methoxy groups -OCH3 is 1. The van der Waals surface area contributed by atoms with E-state index in [1.54, 1.807) is 7.11 Å². The van der Waals surface area contributed by atoms with Crippen molar-refractivity contribution in [3.05, 3.63) is 45.8 Å². The highest BCUT2D eigenvalue weighted by molar-refractivity contribution is 7.16. The Hall–Kier alpha value is -2.70. The SMILES string of the molecule is CCOC(O)CCN1CCN(c2ncnc(Nc3nc(-c4cc(Cl)cc(C(F)(F)F)c4)c(CN4[C@H](C)CC[C@H]4N)s3)c2F)C[C@H]1COC. The van der Waals surface area contributed by atoms with Crippen LogP contribution < -0.4 is 16.0 Å². The maximum absolute atomic E-state index is 16.1. The van der Waals surface area contributed by atoms with Crippen molar-refractivity contribution in [1.82, 2.24) is 24.8 Å². The van der Waals surface area contributed by atoms with Crippen LogP contribution in [0.25, 0.3) is 11.3 Å². The third-order valence-corrected chi connectivity index (χ3v) is 9.85. The molecule has 0 spiro atoms. The number of nitrogens with two attached hydrogens (primary N) is 1. The molecule has 4 N–H and O–H groups in total. The van der Waals surface area contributed by atoms with Gasteiger partial charge in [-0.3, -0.25) is 9.80 Å². The highest BCUT2D eigenvalue weighted by Crippen LogP contribution is 2.40. The van der Waals surface area contributed by atoms with Crippen molar-refractivity contribution in [2.24, 2.45) is 5.73 Å². The van der Waals surface area contributed by atoms with E-state index < -0.39 is 23.8 Å². The first-order valence-electron chi connectivity index (χ1n) is 15.8. The molecule has 2 saturated heterocycles. The van der Waals surface area contributed by atoms with Gasteiger partial charge in [0.25, 0.3) is 0 Å². The quantitative estimate of drug-likeness (QED) is 0.158. The van der Waals surface area contributed by atoms with Gasteiger partial charge in [0.05, 0.1) is 30.1 Å². The van der Waals surface area contributed by atoms with Gasteiger partial charge in [-0.1, -0.05) is 22.9 Å². The van der Waals surface area contributed by atoms with Crippen LogP contribution in [0.1, 0.15) is 43.6 Å². The molecule has 48 heavy (non-hydrogen) atoms. The molecular formula is C31H41ClF4N8O3S. The summed E-state index contributed by atoms with van der Waals surface area (Å²) >= 11 is 7.33. The number of halogens is 5. The van der Waals surface area contributed by atoms with Gasteiger partial charge in [0, 0.05) is 74.4 Å². The van der Waals surface area contributed by atoms with Crippen molar-refractivity contribution in [2.45, 2.75) is 70.4 Å². The molecule has 0 radical (unpaired) electrons. The molecule has 2 aliphatic heterocycles. The van der Waals surface area contributed by atoms with Crippen LogP contribution in [-0.2, 0) is 22.2 Å². The summed E-state index contributed by atoms with van der Waals surface area (Å²) in [7, 11) is 1.60. The summed E-state index contributed by atoms with van der Waals surface area (Å²) in [6.07, 6.45) is -2.32. The summed E-state index contributed by atoms with van der Waals surface area (Å²) in [6, 6.07) is 3.39. The Bertz CT molecular complexity index is 1530. The molecule has 264 valence electrons. The molecule has 1 aromatic carbocycles. The largest absolute Gasteiger partial charge is 0.416 e. The van der Waals surface area contributed by atoms with Crippen LogP contribution in [0.3, 0.4) is 0 Å². The molecule has 2 fully saturated rings. The van der Waals surface area contributed by atoms with Crippen LogP contribution in [0.2, 0.25) is 5.02 Å². The molecule has 2 aliphatic rings. The molecule has 0 aliphatic carbocycles. The number of hydrogen-bond acceptors (Lipinski definition) is 12. The highest BCUT2D eigenvalue weighted by Gasteiger charge is 2.34. The number of aliphatic hydroxyl groups is 1. The molecule has 0 saturated carbocycles. The number of nitrogens with one attached hydrogen (secondary N) is 1. The number of rotatable bonds is 13. The second kappa shape index (κ2) is 15.9. The number of nitrogens with zero attached hydrogens (tertiary/aromatic N) is 6. The zero-order valence-corrected chi connectivity index (χ0v) is 28.6. The van der Waals surface area contributed by atoms with Crippen LogP contribution in [0, 0.1) is 5.82 Å². The summed E-state index contributed by atoms with van der Waals surface area (Å²) in [5.74, 6) is -0.712. The van der Waals surface area contributed by atoms with Crippen LogP contribution in [0.4, 0.5) is 34.3 Å². The molecule has 0 amide bonds. The van der Waals surface area contributed by atoms with Gasteiger partial charge >= 0.3 is 6.18 Å². The van der Waals surface area contributed by atoms with Gasteiger partial charge in [0.15, 0.2) is 23.1 Å². The summed E-state index contributed by atoms with van der Waals surface area (Å²) in [5, 5.41) is 13.1. The van der Waals surface area contributed by atoms with E-state index in [1.807, 2.05) is 18.7 Å². The molecular weight excluding hydrogens is 676 g/mol. The lowest BCUT2D eigenvalue weighted by Gasteiger charge is -2.42. The van der Waals surface area contributed by atoms with Crippen molar-refractivity contribution in [3.8, 4) is 11.3 Å². The average Bonchev–Trinajstić information content (AvgIpc) is 3.59. The summed E-state index contributed by atoms with van der Waals surface area (Å²) in [6.45, 7) is 7.05. The number of anilines is 3. The molecule has 1 unspecified atom stereocenters. The van der Waals surface area contributed by atoms with Crippen LogP contribution in [0.5, 0.6) is 0 Å². The predicted molar refractivity (Wildman–Crippen MR) is 177 cm³/mol. The first-order chi connectivity index (χ1) is 22.9. The number of ether oxygens (including phenoxy) is 2. The van der Waals surface area contributed by atoms with Gasteiger partial charge in [-0.2, -0.15) is 17.6 Å². The van der Waals surface area contributed by atoms with Gasteiger partial charge in [-0.05, 0) is 44.9 Å². The minimum absolute atomic E-state index is 0.0802. The maximum atomic E-state index is 16.1. The summed E-state index contributed by atoms with van der Waals surface area (Å²) < 4.78 is 67.9. The number of hydrogen-bond donors (Lipinski definition) is 3. The Kier molecular flexibility index (Phi) is 12.1. The summed E-state index contributed by atoms with van der Waals surface area (Å²) in [4.78, 5) is 19.7. The number of alkyl halides is 3. The van der Waals surface area contributed by atoms with E-state index >= 15 is 4.39 Å². The Labute approximate surface area is 286 Å². The zero-order chi connectivity index (χ0) is 34.6. The van der Waals surface area contributed by atoms with Crippen LogP contribution in [-0.4, -0.2) is 101 Å². The van der Waals surface area contributed by atoms with Crippen molar-refractivity contribution >= 4 is 39.7 Å². The van der Waals surface area contributed by atoms with Crippen molar-refractivity contribution in [2.75, 3.05) is 56.7 Å². The van der Waals surface area contributed by atoms with Crippen LogP contribution >= 0.6 is 22.9 Å². The van der Waals surface area contributed by atoms with E-state index in [4.69, 9.17) is 26.8 Å². The average molecular weight is 717 g/mol. The van der Waals surface area contributed by atoms with Crippen LogP contribution in [0.15, 0.2) is 24.5 Å². The minimum Gasteiger partial charge on any atom is -0.383 e. The highest BCUT2D eigenvalue weighted by atomic mass is 35.5. The smallest absolute Gasteiger partial charge is 0.383 e. The Morgan fingerprint density at radius 3 is 2.69 bits per heavy atom. The molecule has 2 aromatic heterocycles. The molecule has 4 atom stereocenters. The Morgan fingerprint density at radius 2 is 2.00 bits per heavy atom. The van der Waals surface area contributed by atoms with E-state index in [2.05, 4.69) is 30.1 Å². The normalized spacial score (nSPS) is 21.6. The van der Waals surface area contributed by atoms with Gasteiger partial charge in [0.1, 0.15) is 6.33 Å². The standard InChI is InChI=1S/C31H41ClF4N8O3S/c1-4-47-25(45)7-8-42-9-10-43(14-22(42)16-46-3)29-26(33)28(38-17-39-29)41-30-40-27(19-11-20(31(34,35)36)13-21(32)12-19)23(48-30)15-44-18(2)5-6-24(44)37/h11-13,17-18,22,24-25,45H,4-10,14-16,37H2,1-3H3,(H,38,39,40,41)/t18-,22+,24+,25?/m1/s1. The van der Waals surface area contributed by atoms with Crippen molar-refractivity contribution in [1.29, 1.82) is 0 Å².